The number of nitrogens with zero attached hydrogens (tertiary/aromatic N) is 1. The molecule has 102 valence electrons. The molecule has 0 unspecified atom stereocenters. The lowest BCUT2D eigenvalue weighted by atomic mass is 10.0. The van der Waals surface area contributed by atoms with Gasteiger partial charge in [-0.1, -0.05) is 30.3 Å². The number of Topliss-reactive ketones (excluding diaryl/α,β-unsaturated/α-hetero) is 1. The zero-order valence-electron chi connectivity index (χ0n) is 10.8. The van der Waals surface area contributed by atoms with E-state index in [0.717, 1.165) is 15.6 Å². The summed E-state index contributed by atoms with van der Waals surface area (Å²) < 4.78 is 0.798. The molecular weight excluding hydrogens is 322 g/mol. The predicted molar refractivity (Wildman–Crippen MR) is 80.0 cm³/mol. The van der Waals surface area contributed by atoms with Gasteiger partial charge in [0.15, 0.2) is 5.78 Å². The van der Waals surface area contributed by atoms with Crippen LogP contribution in [0.4, 0.5) is 5.69 Å². The van der Waals surface area contributed by atoms with E-state index in [0.29, 0.717) is 5.56 Å². The minimum Gasteiger partial charge on any atom is -0.294 e. The summed E-state index contributed by atoms with van der Waals surface area (Å²) in [7, 11) is 0. The summed E-state index contributed by atoms with van der Waals surface area (Å²) in [6.45, 7) is 1.92. The molecule has 0 saturated carbocycles. The second-order valence-electron chi connectivity index (χ2n) is 4.46. The number of nitro groups is 1. The topological polar surface area (TPSA) is 60.2 Å². The van der Waals surface area contributed by atoms with Crippen molar-refractivity contribution >= 4 is 27.4 Å². The molecule has 0 aliphatic rings. The van der Waals surface area contributed by atoms with E-state index in [-0.39, 0.29) is 17.9 Å². The fourth-order valence-electron chi connectivity index (χ4n) is 1.88. The summed E-state index contributed by atoms with van der Waals surface area (Å²) in [6.07, 6.45) is 0.222. The van der Waals surface area contributed by atoms with Gasteiger partial charge in [-0.2, -0.15) is 0 Å². The Morgan fingerprint density at radius 3 is 2.45 bits per heavy atom. The SMILES string of the molecule is Cc1cccc(C(=O)Cc2ccc([N+](=O)[O-])cc2)c1Br. The van der Waals surface area contributed by atoms with Crippen LogP contribution >= 0.6 is 15.9 Å². The average Bonchev–Trinajstić information content (AvgIpc) is 2.42. The van der Waals surface area contributed by atoms with Gasteiger partial charge >= 0.3 is 0 Å². The first-order valence-corrected chi connectivity index (χ1v) is 6.80. The molecule has 0 aliphatic heterocycles. The highest BCUT2D eigenvalue weighted by Crippen LogP contribution is 2.23. The number of halogens is 1. The van der Waals surface area contributed by atoms with Gasteiger partial charge in [0.25, 0.3) is 5.69 Å². The standard InChI is InChI=1S/C15H12BrNO3/c1-10-3-2-4-13(15(10)16)14(18)9-11-5-7-12(8-6-11)17(19)20/h2-8H,9H2,1H3. The molecule has 4 nitrogen and oxygen atoms in total. The molecule has 0 bridgehead atoms. The first kappa shape index (κ1) is 14.4. The summed E-state index contributed by atoms with van der Waals surface area (Å²) in [5.74, 6) is -0.0190. The maximum absolute atomic E-state index is 12.2. The molecule has 0 spiro atoms. The number of carbonyl (C=O) groups excluding carboxylic acids is 1. The van der Waals surface area contributed by atoms with Crippen LogP contribution in [0.2, 0.25) is 0 Å². The number of benzene rings is 2. The van der Waals surface area contributed by atoms with Gasteiger partial charge in [-0.15, -0.1) is 0 Å². The van der Waals surface area contributed by atoms with Crippen molar-refractivity contribution in [1.29, 1.82) is 0 Å². The van der Waals surface area contributed by atoms with Gasteiger partial charge in [0.05, 0.1) is 4.92 Å². The minimum absolute atomic E-state index is 0.0190. The van der Waals surface area contributed by atoms with Crippen molar-refractivity contribution in [2.75, 3.05) is 0 Å². The van der Waals surface area contributed by atoms with Crippen LogP contribution < -0.4 is 0 Å². The summed E-state index contributed by atoms with van der Waals surface area (Å²) in [5, 5.41) is 10.6. The number of carbonyl (C=O) groups is 1. The number of aryl methyl sites for hydroxylation is 1. The Bertz CT molecular complexity index is 665. The second kappa shape index (κ2) is 5.96. The van der Waals surface area contributed by atoms with Crippen molar-refractivity contribution < 1.29 is 9.72 Å². The average molecular weight is 334 g/mol. The quantitative estimate of drug-likeness (QED) is 0.481. The fourth-order valence-corrected chi connectivity index (χ4v) is 2.36. The van der Waals surface area contributed by atoms with Crippen LogP contribution in [0.25, 0.3) is 0 Å². The van der Waals surface area contributed by atoms with Gasteiger partial charge in [0.2, 0.25) is 0 Å². The van der Waals surface area contributed by atoms with Crippen molar-refractivity contribution in [3.05, 3.63) is 73.7 Å². The Hall–Kier alpha value is -2.01. The Labute approximate surface area is 124 Å². The van der Waals surface area contributed by atoms with Gasteiger partial charge in [0.1, 0.15) is 0 Å². The first-order valence-electron chi connectivity index (χ1n) is 6.00. The van der Waals surface area contributed by atoms with Crippen LogP contribution in [0.1, 0.15) is 21.5 Å². The van der Waals surface area contributed by atoms with E-state index in [1.54, 1.807) is 18.2 Å². The van der Waals surface area contributed by atoms with E-state index in [4.69, 9.17) is 0 Å². The lowest BCUT2D eigenvalue weighted by Gasteiger charge is -2.06. The predicted octanol–water partition coefficient (Wildman–Crippen LogP) is 4.09. The summed E-state index contributed by atoms with van der Waals surface area (Å²) >= 11 is 3.41. The maximum atomic E-state index is 12.2. The largest absolute Gasteiger partial charge is 0.294 e. The van der Waals surface area contributed by atoms with Gasteiger partial charge < -0.3 is 0 Å². The van der Waals surface area contributed by atoms with Gasteiger partial charge in [0, 0.05) is 28.6 Å². The molecule has 0 aliphatic carbocycles. The molecule has 0 radical (unpaired) electrons. The van der Waals surface area contributed by atoms with Gasteiger partial charge in [-0.3, -0.25) is 14.9 Å². The highest BCUT2D eigenvalue weighted by molar-refractivity contribution is 9.10. The van der Waals surface area contributed by atoms with Crippen LogP contribution in [-0.4, -0.2) is 10.7 Å². The highest BCUT2D eigenvalue weighted by atomic mass is 79.9. The lowest BCUT2D eigenvalue weighted by molar-refractivity contribution is -0.384. The molecule has 0 atom stereocenters. The molecule has 20 heavy (non-hydrogen) atoms. The molecule has 0 fully saturated rings. The summed E-state index contributed by atoms with van der Waals surface area (Å²) in [6, 6.07) is 11.6. The van der Waals surface area contributed by atoms with Crippen LogP contribution in [0.3, 0.4) is 0 Å². The monoisotopic (exact) mass is 333 g/mol. The van der Waals surface area contributed by atoms with E-state index >= 15 is 0 Å². The third kappa shape index (κ3) is 3.11. The van der Waals surface area contributed by atoms with Crippen molar-refractivity contribution in [3.63, 3.8) is 0 Å². The van der Waals surface area contributed by atoms with Crippen LogP contribution in [0.15, 0.2) is 46.9 Å². The fraction of sp³-hybridized carbons (Fsp3) is 0.133. The molecule has 0 aromatic heterocycles. The highest BCUT2D eigenvalue weighted by Gasteiger charge is 2.13. The van der Waals surface area contributed by atoms with Gasteiger partial charge in [-0.05, 0) is 34.0 Å². The Morgan fingerprint density at radius 1 is 1.20 bits per heavy atom. The Morgan fingerprint density at radius 2 is 1.85 bits per heavy atom. The molecule has 0 heterocycles. The second-order valence-corrected chi connectivity index (χ2v) is 5.25. The molecule has 0 N–H and O–H groups in total. The molecular formula is C15H12BrNO3. The molecule has 2 rings (SSSR count). The minimum atomic E-state index is -0.456. The van der Waals surface area contributed by atoms with E-state index in [9.17, 15) is 14.9 Å². The number of nitro benzene ring substituents is 1. The summed E-state index contributed by atoms with van der Waals surface area (Å²) in [5.41, 5.74) is 2.41. The molecule has 5 heteroatoms. The number of non-ortho nitro benzene ring substituents is 1. The molecule has 0 amide bonds. The molecule has 2 aromatic rings. The van der Waals surface area contributed by atoms with Crippen LogP contribution in [0, 0.1) is 17.0 Å². The van der Waals surface area contributed by atoms with Gasteiger partial charge in [-0.25, -0.2) is 0 Å². The first-order chi connectivity index (χ1) is 9.49. The van der Waals surface area contributed by atoms with Crippen LogP contribution in [0.5, 0.6) is 0 Å². The Balaban J connectivity index is 2.19. The normalized spacial score (nSPS) is 10.3. The van der Waals surface area contributed by atoms with E-state index in [2.05, 4.69) is 15.9 Å². The maximum Gasteiger partial charge on any atom is 0.269 e. The van der Waals surface area contributed by atoms with Crippen molar-refractivity contribution in [2.45, 2.75) is 13.3 Å². The van der Waals surface area contributed by atoms with Crippen molar-refractivity contribution in [2.24, 2.45) is 0 Å². The zero-order chi connectivity index (χ0) is 14.7. The smallest absolute Gasteiger partial charge is 0.269 e. The van der Waals surface area contributed by atoms with E-state index in [1.165, 1.54) is 12.1 Å². The van der Waals surface area contributed by atoms with Crippen molar-refractivity contribution in [1.82, 2.24) is 0 Å². The Kier molecular flexibility index (Phi) is 4.29. The van der Waals surface area contributed by atoms with E-state index in [1.807, 2.05) is 19.1 Å². The number of ketones is 1. The summed E-state index contributed by atoms with van der Waals surface area (Å²) in [4.78, 5) is 22.4. The third-order valence-corrected chi connectivity index (χ3v) is 4.06. The van der Waals surface area contributed by atoms with Crippen LogP contribution in [-0.2, 0) is 6.42 Å². The number of hydrogen-bond donors (Lipinski definition) is 0. The number of hydrogen-bond acceptors (Lipinski definition) is 3. The zero-order valence-corrected chi connectivity index (χ0v) is 12.4. The van der Waals surface area contributed by atoms with Crippen molar-refractivity contribution in [3.8, 4) is 0 Å². The third-order valence-electron chi connectivity index (χ3n) is 3.00. The molecule has 2 aromatic carbocycles. The van der Waals surface area contributed by atoms with E-state index < -0.39 is 4.92 Å². The molecule has 0 saturated heterocycles. The number of rotatable bonds is 4. The lowest BCUT2D eigenvalue weighted by Crippen LogP contribution is -2.05.